The quantitative estimate of drug-likeness (QED) is 0.411. The highest BCUT2D eigenvalue weighted by Crippen LogP contribution is 2.38. The van der Waals surface area contributed by atoms with Gasteiger partial charge < -0.3 is 24.5 Å². The molecule has 0 bridgehead atoms. The lowest BCUT2D eigenvalue weighted by Crippen LogP contribution is -2.37. The molecule has 0 aliphatic carbocycles. The first kappa shape index (κ1) is 24.8. The third-order valence-electron chi connectivity index (χ3n) is 6.10. The van der Waals surface area contributed by atoms with Crippen molar-refractivity contribution in [3.8, 4) is 17.0 Å². The molecule has 1 saturated heterocycles. The van der Waals surface area contributed by atoms with Crippen LogP contribution in [0.25, 0.3) is 22.2 Å². The van der Waals surface area contributed by atoms with Crippen LogP contribution in [0.2, 0.25) is 0 Å². The molecule has 1 aliphatic rings. The maximum Gasteiger partial charge on any atom is 0.411 e. The number of carbonyl (C=O) groups excluding carboxylic acids is 1. The molecule has 0 atom stereocenters. The zero-order chi connectivity index (χ0) is 24.6. The molecule has 0 spiro atoms. The van der Waals surface area contributed by atoms with Crippen molar-refractivity contribution in [3.63, 3.8) is 0 Å². The molecule has 1 amide bonds. The van der Waals surface area contributed by atoms with E-state index in [1.165, 1.54) is 0 Å². The van der Waals surface area contributed by atoms with Gasteiger partial charge in [-0.25, -0.2) is 9.18 Å². The predicted molar refractivity (Wildman–Crippen MR) is 136 cm³/mol. The number of halogens is 1. The number of aryl methyl sites for hydroxylation is 1. The van der Waals surface area contributed by atoms with E-state index in [0.717, 1.165) is 73.7 Å². The topological polar surface area (TPSA) is 91.0 Å². The van der Waals surface area contributed by atoms with Crippen LogP contribution in [0, 0.1) is 0 Å². The number of carbonyl (C=O) groups is 1. The van der Waals surface area contributed by atoms with Crippen LogP contribution in [0.15, 0.2) is 42.5 Å². The summed E-state index contributed by atoms with van der Waals surface area (Å²) in [5.74, 6) is 0.824. The molecule has 4 rings (SSSR count). The molecule has 2 heterocycles. The number of nitrogens with one attached hydrogen (secondary N) is 1. The molecule has 2 aromatic carbocycles. The van der Waals surface area contributed by atoms with Crippen LogP contribution >= 0.6 is 0 Å². The maximum atomic E-state index is 12.2. The Morgan fingerprint density at radius 2 is 1.91 bits per heavy atom. The number of benzene rings is 2. The van der Waals surface area contributed by atoms with Crippen molar-refractivity contribution in [3.05, 3.63) is 42.5 Å². The summed E-state index contributed by atoms with van der Waals surface area (Å²) >= 11 is 0. The van der Waals surface area contributed by atoms with Gasteiger partial charge in [-0.05, 0) is 37.6 Å². The molecule has 3 aromatic rings. The van der Waals surface area contributed by atoms with Gasteiger partial charge in [-0.3, -0.25) is 10.2 Å². The Morgan fingerprint density at radius 1 is 1.14 bits per heavy atom. The number of hydrogen-bond donors (Lipinski definition) is 2. The lowest BCUT2D eigenvalue weighted by atomic mass is 10.1. The fourth-order valence-corrected chi connectivity index (χ4v) is 4.39. The summed E-state index contributed by atoms with van der Waals surface area (Å²) < 4.78 is 30.5. The van der Waals surface area contributed by atoms with E-state index in [9.17, 15) is 9.18 Å². The summed E-state index contributed by atoms with van der Waals surface area (Å²) in [5, 5.41) is 3.56. The second-order valence-electron chi connectivity index (χ2n) is 8.37. The lowest BCUT2D eigenvalue weighted by Gasteiger charge is -2.26. The van der Waals surface area contributed by atoms with E-state index in [4.69, 9.17) is 19.9 Å². The third kappa shape index (κ3) is 6.04. The molecule has 188 valence electrons. The van der Waals surface area contributed by atoms with Crippen molar-refractivity contribution in [2.75, 3.05) is 63.8 Å². The van der Waals surface area contributed by atoms with E-state index in [1.54, 1.807) is 12.1 Å². The van der Waals surface area contributed by atoms with E-state index in [0.29, 0.717) is 18.0 Å². The number of alkyl halides is 1. The second-order valence-corrected chi connectivity index (χ2v) is 8.37. The Hall–Kier alpha value is -3.30. The number of nitrogens with two attached hydrogens (primary N) is 1. The van der Waals surface area contributed by atoms with E-state index in [-0.39, 0.29) is 6.61 Å². The first-order valence-corrected chi connectivity index (χ1v) is 12.1. The van der Waals surface area contributed by atoms with Crippen molar-refractivity contribution in [2.45, 2.75) is 19.9 Å². The molecule has 1 fully saturated rings. The first-order valence-electron chi connectivity index (χ1n) is 12.1. The van der Waals surface area contributed by atoms with Gasteiger partial charge in [-0.15, -0.1) is 0 Å². The largest absolute Gasteiger partial charge is 0.493 e. The third-order valence-corrected chi connectivity index (χ3v) is 6.10. The van der Waals surface area contributed by atoms with Crippen LogP contribution in [-0.4, -0.2) is 68.3 Å². The molecular formula is C26H33FN4O4. The number of fused-ring (bicyclic) bond motifs is 1. The van der Waals surface area contributed by atoms with Gasteiger partial charge in [-0.2, -0.15) is 0 Å². The Morgan fingerprint density at radius 3 is 2.63 bits per heavy atom. The van der Waals surface area contributed by atoms with Gasteiger partial charge in [0.25, 0.3) is 0 Å². The van der Waals surface area contributed by atoms with Crippen molar-refractivity contribution >= 4 is 28.4 Å². The molecule has 3 N–H and O–H groups in total. The Balaban J connectivity index is 1.46. The zero-order valence-corrected chi connectivity index (χ0v) is 20.1. The van der Waals surface area contributed by atoms with Crippen molar-refractivity contribution in [1.29, 1.82) is 0 Å². The molecule has 1 aliphatic heterocycles. The van der Waals surface area contributed by atoms with Crippen LogP contribution in [0.5, 0.6) is 5.75 Å². The fourth-order valence-electron chi connectivity index (χ4n) is 4.39. The molecule has 1 aromatic heterocycles. The van der Waals surface area contributed by atoms with Crippen molar-refractivity contribution in [2.24, 2.45) is 0 Å². The standard InChI is InChI=1S/C26H33FN4O4/c1-2-31-23-18-21(34-14-3-11-30-12-16-33-17-13-30)8-9-22(23)24(28)25(31)19-4-6-20(7-5-19)29-26(32)35-15-10-27/h4-9,18H,2-3,10-17,28H2,1H3,(H,29,32). The number of morpholine rings is 1. The molecule has 0 unspecified atom stereocenters. The number of anilines is 2. The van der Waals surface area contributed by atoms with E-state index in [1.807, 2.05) is 30.3 Å². The highest BCUT2D eigenvalue weighted by molar-refractivity contribution is 6.01. The van der Waals surface area contributed by atoms with E-state index < -0.39 is 12.8 Å². The number of hydrogen-bond acceptors (Lipinski definition) is 6. The Kier molecular flexibility index (Phi) is 8.44. The number of aromatic nitrogens is 1. The van der Waals surface area contributed by atoms with Gasteiger partial charge in [0.05, 0.1) is 36.7 Å². The van der Waals surface area contributed by atoms with E-state index >= 15 is 0 Å². The average molecular weight is 485 g/mol. The van der Waals surface area contributed by atoms with Gasteiger partial charge >= 0.3 is 6.09 Å². The van der Waals surface area contributed by atoms with Crippen molar-refractivity contribution in [1.82, 2.24) is 9.47 Å². The van der Waals surface area contributed by atoms with E-state index in [2.05, 4.69) is 21.7 Å². The van der Waals surface area contributed by atoms with Gasteiger partial charge in [0.1, 0.15) is 19.0 Å². The van der Waals surface area contributed by atoms with Crippen LogP contribution < -0.4 is 15.8 Å². The minimum absolute atomic E-state index is 0.267. The molecule has 35 heavy (non-hydrogen) atoms. The summed E-state index contributed by atoms with van der Waals surface area (Å²) in [4.78, 5) is 14.1. The van der Waals surface area contributed by atoms with Gasteiger partial charge in [0.2, 0.25) is 0 Å². The number of nitrogens with zero attached hydrogens (tertiary/aromatic N) is 2. The molecule has 8 nitrogen and oxygen atoms in total. The zero-order valence-electron chi connectivity index (χ0n) is 20.1. The molecule has 0 radical (unpaired) electrons. The molecule has 0 saturated carbocycles. The fraction of sp³-hybridized carbons (Fsp3) is 0.423. The molecule has 9 heteroatoms. The van der Waals surface area contributed by atoms with Crippen LogP contribution in [0.3, 0.4) is 0 Å². The van der Waals surface area contributed by atoms with Gasteiger partial charge in [0, 0.05) is 48.9 Å². The summed E-state index contributed by atoms with van der Waals surface area (Å²) in [6.45, 7) is 7.07. The summed E-state index contributed by atoms with van der Waals surface area (Å²) in [7, 11) is 0. The van der Waals surface area contributed by atoms with Crippen molar-refractivity contribution < 1.29 is 23.4 Å². The van der Waals surface area contributed by atoms with Gasteiger partial charge in [-0.1, -0.05) is 12.1 Å². The van der Waals surface area contributed by atoms with Crippen LogP contribution in [0.1, 0.15) is 13.3 Å². The SMILES string of the molecule is CCn1c(-c2ccc(NC(=O)OCCF)cc2)c(N)c2ccc(OCCCN3CCOCC3)cc21. The smallest absolute Gasteiger partial charge is 0.411 e. The normalized spacial score (nSPS) is 14.2. The van der Waals surface area contributed by atoms with Crippen LogP contribution in [0.4, 0.5) is 20.6 Å². The Bertz CT molecular complexity index is 1130. The average Bonchev–Trinajstić information content (AvgIpc) is 3.17. The minimum atomic E-state index is -0.714. The van der Waals surface area contributed by atoms with Gasteiger partial charge in [0.15, 0.2) is 0 Å². The summed E-state index contributed by atoms with van der Waals surface area (Å²) in [5.41, 5.74) is 10.7. The van der Waals surface area contributed by atoms with Crippen LogP contribution in [-0.2, 0) is 16.0 Å². The minimum Gasteiger partial charge on any atom is -0.493 e. The first-order chi connectivity index (χ1) is 17.1. The number of nitrogen functional groups attached to an aromatic ring is 1. The highest BCUT2D eigenvalue weighted by Gasteiger charge is 2.17. The second kappa shape index (κ2) is 11.9. The number of rotatable bonds is 10. The summed E-state index contributed by atoms with van der Waals surface area (Å²) in [6, 6.07) is 13.3. The Labute approximate surface area is 204 Å². The summed E-state index contributed by atoms with van der Waals surface area (Å²) in [6.07, 6.45) is 0.275. The highest BCUT2D eigenvalue weighted by atomic mass is 19.1. The predicted octanol–water partition coefficient (Wildman–Crippen LogP) is 4.53. The molecular weight excluding hydrogens is 451 g/mol. The lowest BCUT2D eigenvalue weighted by molar-refractivity contribution is 0.0358. The number of ether oxygens (including phenoxy) is 3. The maximum absolute atomic E-state index is 12.2. The monoisotopic (exact) mass is 484 g/mol. The number of amides is 1.